The second kappa shape index (κ2) is 4.76. The number of fused-ring (bicyclic) bond motifs is 1. The molecule has 104 valence electrons. The fourth-order valence-electron chi connectivity index (χ4n) is 1.92. The zero-order chi connectivity index (χ0) is 14.1. The quantitative estimate of drug-likeness (QED) is 0.817. The van der Waals surface area contributed by atoms with E-state index in [0.29, 0.717) is 34.2 Å². The summed E-state index contributed by atoms with van der Waals surface area (Å²) in [6, 6.07) is 4.90. The number of hydrogen-bond donors (Lipinski definition) is 2. The van der Waals surface area contributed by atoms with Crippen molar-refractivity contribution in [3.05, 3.63) is 35.2 Å². The van der Waals surface area contributed by atoms with Crippen LogP contribution in [0.15, 0.2) is 22.7 Å². The summed E-state index contributed by atoms with van der Waals surface area (Å²) in [5, 5.41) is 6.52. The normalized spacial score (nSPS) is 12.4. The highest BCUT2D eigenvalue weighted by Gasteiger charge is 2.19. The van der Waals surface area contributed by atoms with E-state index in [1.54, 1.807) is 25.1 Å². The molecule has 0 saturated heterocycles. The summed E-state index contributed by atoms with van der Waals surface area (Å²) in [5.74, 6) is 1.45. The smallest absolute Gasteiger partial charge is 0.253 e. The minimum absolute atomic E-state index is 0.137. The van der Waals surface area contributed by atoms with Crippen LogP contribution in [0.3, 0.4) is 0 Å². The molecule has 3 rings (SSSR count). The number of benzene rings is 1. The number of nitrogens with zero attached hydrogens (tertiary/aromatic N) is 1. The lowest BCUT2D eigenvalue weighted by Gasteiger charge is -2.07. The molecule has 0 bridgehead atoms. The minimum Gasteiger partial charge on any atom is -0.454 e. The molecule has 1 aromatic heterocycles. The summed E-state index contributed by atoms with van der Waals surface area (Å²) in [4.78, 5) is 12.1. The maximum absolute atomic E-state index is 12.1. The number of carbonyl (C=O) groups excluding carboxylic acids is 1. The molecule has 20 heavy (non-hydrogen) atoms. The Hall–Kier alpha value is -2.70. The van der Waals surface area contributed by atoms with Crippen LogP contribution >= 0.6 is 0 Å². The molecule has 0 radical (unpaired) electrons. The third kappa shape index (κ3) is 2.25. The van der Waals surface area contributed by atoms with Crippen molar-refractivity contribution in [3.63, 3.8) is 0 Å². The largest absolute Gasteiger partial charge is 0.454 e. The molecule has 3 N–H and O–H groups in total. The van der Waals surface area contributed by atoms with Crippen LogP contribution in [0.5, 0.6) is 11.5 Å². The van der Waals surface area contributed by atoms with Gasteiger partial charge in [-0.1, -0.05) is 5.16 Å². The molecule has 0 aliphatic carbocycles. The lowest BCUT2D eigenvalue weighted by Crippen LogP contribution is -2.23. The summed E-state index contributed by atoms with van der Waals surface area (Å²) < 4.78 is 15.3. The average Bonchev–Trinajstić information content (AvgIpc) is 3.03. The van der Waals surface area contributed by atoms with Gasteiger partial charge in [-0.3, -0.25) is 4.79 Å². The minimum atomic E-state index is -0.304. The fraction of sp³-hybridized carbons (Fsp3) is 0.231. The number of amides is 1. The average molecular weight is 275 g/mol. The van der Waals surface area contributed by atoms with E-state index >= 15 is 0 Å². The van der Waals surface area contributed by atoms with E-state index in [1.165, 1.54) is 0 Å². The molecule has 1 aromatic carbocycles. The van der Waals surface area contributed by atoms with Gasteiger partial charge in [0.25, 0.3) is 5.91 Å². The van der Waals surface area contributed by atoms with Crippen molar-refractivity contribution in [2.24, 2.45) is 0 Å². The predicted molar refractivity (Wildman–Crippen MR) is 69.4 cm³/mol. The second-order valence-corrected chi connectivity index (χ2v) is 4.40. The zero-order valence-corrected chi connectivity index (χ0v) is 10.8. The van der Waals surface area contributed by atoms with Gasteiger partial charge in [-0.05, 0) is 13.0 Å². The van der Waals surface area contributed by atoms with E-state index in [-0.39, 0.29) is 19.2 Å². The van der Waals surface area contributed by atoms with E-state index < -0.39 is 0 Å². The van der Waals surface area contributed by atoms with E-state index in [2.05, 4.69) is 10.5 Å². The van der Waals surface area contributed by atoms with Crippen LogP contribution in [-0.2, 0) is 6.54 Å². The third-order valence-corrected chi connectivity index (χ3v) is 2.90. The van der Waals surface area contributed by atoms with Crippen molar-refractivity contribution in [2.45, 2.75) is 13.5 Å². The van der Waals surface area contributed by atoms with Gasteiger partial charge in [-0.25, -0.2) is 0 Å². The van der Waals surface area contributed by atoms with Gasteiger partial charge in [-0.15, -0.1) is 0 Å². The van der Waals surface area contributed by atoms with Gasteiger partial charge >= 0.3 is 0 Å². The highest BCUT2D eigenvalue weighted by molar-refractivity contribution is 6.00. The lowest BCUT2D eigenvalue weighted by atomic mass is 10.1. The maximum atomic E-state index is 12.1. The molecule has 0 saturated carbocycles. The topological polar surface area (TPSA) is 99.6 Å². The maximum Gasteiger partial charge on any atom is 0.253 e. The number of aromatic nitrogens is 1. The van der Waals surface area contributed by atoms with Crippen molar-refractivity contribution >= 4 is 11.6 Å². The van der Waals surface area contributed by atoms with Crippen molar-refractivity contribution in [1.82, 2.24) is 10.5 Å². The lowest BCUT2D eigenvalue weighted by molar-refractivity contribution is 0.0950. The van der Waals surface area contributed by atoms with Crippen LogP contribution in [0.25, 0.3) is 0 Å². The van der Waals surface area contributed by atoms with Crippen LogP contribution in [-0.4, -0.2) is 17.9 Å². The van der Waals surface area contributed by atoms with Gasteiger partial charge in [-0.2, -0.15) is 0 Å². The number of anilines is 1. The molecule has 0 unspecified atom stereocenters. The third-order valence-electron chi connectivity index (χ3n) is 2.90. The van der Waals surface area contributed by atoms with E-state index in [1.807, 2.05) is 0 Å². The van der Waals surface area contributed by atoms with E-state index in [9.17, 15) is 4.79 Å². The standard InChI is InChI=1S/C13H13N3O4/c1-7-2-8(16-20-7)5-15-13(17)9-3-11-12(4-10(9)14)19-6-18-11/h2-4H,5-6,14H2,1H3,(H,15,17). The Morgan fingerprint density at radius 1 is 1.35 bits per heavy atom. The van der Waals surface area contributed by atoms with Crippen molar-refractivity contribution < 1.29 is 18.8 Å². The van der Waals surface area contributed by atoms with Crippen LogP contribution in [0.1, 0.15) is 21.8 Å². The second-order valence-electron chi connectivity index (χ2n) is 4.40. The summed E-state index contributed by atoms with van der Waals surface area (Å²) in [6.07, 6.45) is 0. The Labute approximate surface area is 114 Å². The number of aryl methyl sites for hydroxylation is 1. The Morgan fingerprint density at radius 2 is 2.10 bits per heavy atom. The van der Waals surface area contributed by atoms with E-state index in [0.717, 1.165) is 0 Å². The Balaban J connectivity index is 1.74. The Morgan fingerprint density at radius 3 is 2.80 bits per heavy atom. The van der Waals surface area contributed by atoms with Crippen LogP contribution in [0.2, 0.25) is 0 Å². The Kier molecular flexibility index (Phi) is 2.94. The summed E-state index contributed by atoms with van der Waals surface area (Å²) in [7, 11) is 0. The molecule has 0 fully saturated rings. The molecular formula is C13H13N3O4. The first-order valence-corrected chi connectivity index (χ1v) is 6.03. The molecule has 7 nitrogen and oxygen atoms in total. The molecule has 1 amide bonds. The van der Waals surface area contributed by atoms with Crippen molar-refractivity contribution in [3.8, 4) is 11.5 Å². The first kappa shape index (κ1) is 12.3. The van der Waals surface area contributed by atoms with Gasteiger partial charge < -0.3 is 25.0 Å². The Bertz CT molecular complexity index is 666. The number of rotatable bonds is 3. The molecule has 2 heterocycles. The monoisotopic (exact) mass is 275 g/mol. The number of hydrogen-bond acceptors (Lipinski definition) is 6. The van der Waals surface area contributed by atoms with Gasteiger partial charge in [0, 0.05) is 17.8 Å². The molecule has 1 aliphatic heterocycles. The molecule has 0 atom stereocenters. The summed E-state index contributed by atoms with van der Waals surface area (Å²) >= 11 is 0. The van der Waals surface area contributed by atoms with Gasteiger partial charge in [0.1, 0.15) is 11.5 Å². The fourth-order valence-corrected chi connectivity index (χ4v) is 1.92. The van der Waals surface area contributed by atoms with Crippen LogP contribution < -0.4 is 20.5 Å². The number of nitrogens with one attached hydrogen (secondary N) is 1. The molecular weight excluding hydrogens is 262 g/mol. The van der Waals surface area contributed by atoms with E-state index in [4.69, 9.17) is 19.7 Å². The van der Waals surface area contributed by atoms with Crippen molar-refractivity contribution in [2.75, 3.05) is 12.5 Å². The van der Waals surface area contributed by atoms with Gasteiger partial charge in [0.2, 0.25) is 6.79 Å². The predicted octanol–water partition coefficient (Wildman–Crippen LogP) is 1.22. The zero-order valence-electron chi connectivity index (χ0n) is 10.8. The van der Waals surface area contributed by atoms with Crippen molar-refractivity contribution in [1.29, 1.82) is 0 Å². The van der Waals surface area contributed by atoms with Gasteiger partial charge in [0.05, 0.1) is 12.1 Å². The van der Waals surface area contributed by atoms with Crippen LogP contribution in [0, 0.1) is 6.92 Å². The number of carbonyl (C=O) groups is 1. The molecule has 7 heteroatoms. The number of nitrogens with two attached hydrogens (primary N) is 1. The SMILES string of the molecule is Cc1cc(CNC(=O)c2cc3c(cc2N)OCO3)no1. The first-order chi connectivity index (χ1) is 9.63. The summed E-state index contributed by atoms with van der Waals surface area (Å²) in [6.45, 7) is 2.19. The highest BCUT2D eigenvalue weighted by Crippen LogP contribution is 2.35. The molecule has 2 aromatic rings. The molecule has 1 aliphatic rings. The first-order valence-electron chi connectivity index (χ1n) is 6.03. The number of nitrogen functional groups attached to an aromatic ring is 1. The number of ether oxygens (including phenoxy) is 2. The molecule has 0 spiro atoms. The summed E-state index contributed by atoms with van der Waals surface area (Å²) in [5.41, 5.74) is 7.16. The van der Waals surface area contributed by atoms with Crippen LogP contribution in [0.4, 0.5) is 5.69 Å². The highest BCUT2D eigenvalue weighted by atomic mass is 16.7. The van der Waals surface area contributed by atoms with Gasteiger partial charge in [0.15, 0.2) is 11.5 Å².